The van der Waals surface area contributed by atoms with Crippen molar-refractivity contribution in [3.05, 3.63) is 83.4 Å². The van der Waals surface area contributed by atoms with Crippen molar-refractivity contribution in [2.24, 2.45) is 11.8 Å². The molecule has 0 saturated heterocycles. The van der Waals surface area contributed by atoms with Crippen LogP contribution in [0, 0.1) is 11.8 Å². The Balaban J connectivity index is 1.22. The molecule has 4 rings (SSSR count). The molecular formula is C33H44F2O. The van der Waals surface area contributed by atoms with Crippen LogP contribution in [0.5, 0.6) is 0 Å². The molecule has 2 aromatic rings. The molecule has 2 aromatic carbocycles. The molecule has 0 aliphatic heterocycles. The molecule has 3 heteroatoms. The maximum atomic E-state index is 14.7. The number of allylic oxidation sites excluding steroid dienone is 1. The molecule has 0 atom stereocenters. The molecule has 0 N–H and O–H groups in total. The Hall–Kier alpha value is -2.00. The SMILES string of the molecule is C=C[C@H]1CC[C@H](c2ccc(C(F)(F)OCCc3ccc([C@H]4CC[C@H](CCCC)CC4)cc3)cc2)CC1. The van der Waals surface area contributed by atoms with Gasteiger partial charge in [-0.1, -0.05) is 80.8 Å². The van der Waals surface area contributed by atoms with Crippen LogP contribution in [0.3, 0.4) is 0 Å². The van der Waals surface area contributed by atoms with Gasteiger partial charge in [-0.25, -0.2) is 0 Å². The van der Waals surface area contributed by atoms with Gasteiger partial charge in [0.1, 0.15) is 0 Å². The molecule has 2 aliphatic carbocycles. The van der Waals surface area contributed by atoms with E-state index in [1.165, 1.54) is 50.5 Å². The summed E-state index contributed by atoms with van der Waals surface area (Å²) in [6.45, 7) is 6.17. The average molecular weight is 495 g/mol. The first kappa shape index (κ1) is 27.0. The normalized spacial score (nSPS) is 25.0. The zero-order valence-electron chi connectivity index (χ0n) is 22.1. The average Bonchev–Trinajstić information content (AvgIpc) is 2.93. The van der Waals surface area contributed by atoms with Crippen LogP contribution < -0.4 is 0 Å². The molecule has 2 aliphatic rings. The number of alkyl halides is 2. The van der Waals surface area contributed by atoms with E-state index in [0.29, 0.717) is 24.2 Å². The minimum atomic E-state index is -3.27. The van der Waals surface area contributed by atoms with Gasteiger partial charge in [0.2, 0.25) is 0 Å². The highest BCUT2D eigenvalue weighted by Gasteiger charge is 2.33. The van der Waals surface area contributed by atoms with Crippen molar-refractivity contribution in [1.82, 2.24) is 0 Å². The Bertz CT molecular complexity index is 917. The van der Waals surface area contributed by atoms with Crippen LogP contribution in [0.2, 0.25) is 0 Å². The van der Waals surface area contributed by atoms with Crippen molar-refractivity contribution in [2.45, 2.75) is 102 Å². The third-order valence-corrected chi connectivity index (χ3v) is 8.76. The molecule has 1 nitrogen and oxygen atoms in total. The van der Waals surface area contributed by atoms with Gasteiger partial charge in [-0.15, -0.1) is 6.58 Å². The molecule has 0 spiro atoms. The third-order valence-electron chi connectivity index (χ3n) is 8.76. The quantitative estimate of drug-likeness (QED) is 0.282. The topological polar surface area (TPSA) is 9.23 Å². The Morgan fingerprint density at radius 1 is 0.833 bits per heavy atom. The van der Waals surface area contributed by atoms with E-state index in [0.717, 1.165) is 42.7 Å². The second-order valence-electron chi connectivity index (χ2n) is 11.2. The van der Waals surface area contributed by atoms with Gasteiger partial charge >= 0.3 is 6.11 Å². The van der Waals surface area contributed by atoms with Gasteiger partial charge in [-0.3, -0.25) is 0 Å². The predicted molar refractivity (Wildman–Crippen MR) is 146 cm³/mol. The van der Waals surface area contributed by atoms with Crippen molar-refractivity contribution < 1.29 is 13.5 Å². The second-order valence-corrected chi connectivity index (χ2v) is 11.2. The first-order valence-corrected chi connectivity index (χ1v) is 14.3. The Kier molecular flexibility index (Phi) is 9.76. The van der Waals surface area contributed by atoms with Crippen LogP contribution in [0.15, 0.2) is 61.2 Å². The molecule has 0 amide bonds. The summed E-state index contributed by atoms with van der Waals surface area (Å²) in [5, 5.41) is 0. The largest absolute Gasteiger partial charge is 0.383 e. The molecule has 0 radical (unpaired) electrons. The van der Waals surface area contributed by atoms with Crippen molar-refractivity contribution in [2.75, 3.05) is 6.61 Å². The highest BCUT2D eigenvalue weighted by molar-refractivity contribution is 5.28. The zero-order chi connectivity index (χ0) is 25.4. The van der Waals surface area contributed by atoms with Gasteiger partial charge < -0.3 is 4.74 Å². The number of ether oxygens (including phenoxy) is 1. The van der Waals surface area contributed by atoms with E-state index in [1.54, 1.807) is 12.1 Å². The lowest BCUT2D eigenvalue weighted by Gasteiger charge is -2.29. The standard InChI is InChI=1S/C33H44F2O/c1-3-5-6-26-9-15-29(16-10-26)30-17-11-27(12-18-30)23-24-36-33(34,35)32-21-19-31(20-22-32)28-13-7-25(4-2)8-14-28/h4,11-12,17-22,25-26,28-29H,2-3,5-10,13-16,23-24H2,1H3/t25-,26-,28-,29-. The molecule has 0 bridgehead atoms. The smallest absolute Gasteiger partial charge is 0.316 e. The van der Waals surface area contributed by atoms with E-state index in [4.69, 9.17) is 4.74 Å². The predicted octanol–water partition coefficient (Wildman–Crippen LogP) is 9.92. The summed E-state index contributed by atoms with van der Waals surface area (Å²) in [7, 11) is 0. The fourth-order valence-corrected chi connectivity index (χ4v) is 6.25. The Morgan fingerprint density at radius 2 is 1.39 bits per heavy atom. The summed E-state index contributed by atoms with van der Waals surface area (Å²) in [6, 6.07) is 15.4. The fraction of sp³-hybridized carbons (Fsp3) is 0.576. The van der Waals surface area contributed by atoms with Gasteiger partial charge in [-0.05, 0) is 98.1 Å². The van der Waals surface area contributed by atoms with Gasteiger partial charge in [-0.2, -0.15) is 8.78 Å². The first-order chi connectivity index (χ1) is 17.5. The van der Waals surface area contributed by atoms with Gasteiger partial charge in [0.05, 0.1) is 12.2 Å². The van der Waals surface area contributed by atoms with Crippen molar-refractivity contribution in [3.8, 4) is 0 Å². The molecule has 2 fully saturated rings. The van der Waals surface area contributed by atoms with Crippen molar-refractivity contribution in [3.63, 3.8) is 0 Å². The number of unbranched alkanes of at least 4 members (excludes halogenated alkanes) is 1. The van der Waals surface area contributed by atoms with Crippen molar-refractivity contribution >= 4 is 0 Å². The maximum Gasteiger partial charge on any atom is 0.383 e. The molecule has 36 heavy (non-hydrogen) atoms. The van der Waals surface area contributed by atoms with Crippen LogP contribution in [-0.2, 0) is 17.3 Å². The zero-order valence-corrected chi connectivity index (χ0v) is 22.1. The highest BCUT2D eigenvalue weighted by Crippen LogP contribution is 2.39. The number of halogens is 2. The minimum Gasteiger partial charge on any atom is -0.316 e. The summed E-state index contributed by atoms with van der Waals surface area (Å²) in [5.41, 5.74) is 3.55. The second kappa shape index (κ2) is 13.0. The third kappa shape index (κ3) is 7.28. The van der Waals surface area contributed by atoms with Crippen LogP contribution in [0.1, 0.15) is 112 Å². The number of hydrogen-bond donors (Lipinski definition) is 0. The summed E-state index contributed by atoms with van der Waals surface area (Å²) < 4.78 is 34.5. The molecule has 0 unspecified atom stereocenters. The lowest BCUT2D eigenvalue weighted by molar-refractivity contribution is -0.248. The Morgan fingerprint density at radius 3 is 1.94 bits per heavy atom. The van der Waals surface area contributed by atoms with E-state index in [9.17, 15) is 8.78 Å². The van der Waals surface area contributed by atoms with Gasteiger partial charge in [0.15, 0.2) is 0 Å². The number of rotatable bonds is 11. The van der Waals surface area contributed by atoms with E-state index >= 15 is 0 Å². The number of benzene rings is 2. The molecule has 196 valence electrons. The van der Waals surface area contributed by atoms with E-state index < -0.39 is 6.11 Å². The summed E-state index contributed by atoms with van der Waals surface area (Å²) in [4.78, 5) is 0. The lowest BCUT2D eigenvalue weighted by atomic mass is 9.77. The van der Waals surface area contributed by atoms with Crippen LogP contribution in [0.25, 0.3) is 0 Å². The van der Waals surface area contributed by atoms with Crippen molar-refractivity contribution in [1.29, 1.82) is 0 Å². The first-order valence-electron chi connectivity index (χ1n) is 14.3. The summed E-state index contributed by atoms with van der Waals surface area (Å²) in [6.07, 6.45) is 13.0. The van der Waals surface area contributed by atoms with E-state index in [-0.39, 0.29) is 12.2 Å². The molecule has 2 saturated carbocycles. The van der Waals surface area contributed by atoms with E-state index in [1.807, 2.05) is 18.2 Å². The van der Waals surface area contributed by atoms with Crippen LogP contribution >= 0.6 is 0 Å². The summed E-state index contributed by atoms with van der Waals surface area (Å²) in [5.74, 6) is 2.62. The van der Waals surface area contributed by atoms with E-state index in [2.05, 4.69) is 37.8 Å². The van der Waals surface area contributed by atoms with Gasteiger partial charge in [0, 0.05) is 0 Å². The molecular weight excluding hydrogens is 450 g/mol. The Labute approximate surface area is 217 Å². The lowest BCUT2D eigenvalue weighted by Crippen LogP contribution is -2.20. The monoisotopic (exact) mass is 494 g/mol. The fourth-order valence-electron chi connectivity index (χ4n) is 6.25. The van der Waals surface area contributed by atoms with Crippen LogP contribution in [0.4, 0.5) is 8.78 Å². The summed E-state index contributed by atoms with van der Waals surface area (Å²) >= 11 is 0. The molecule has 0 aromatic heterocycles. The number of hydrogen-bond acceptors (Lipinski definition) is 1. The minimum absolute atomic E-state index is 0.00218. The van der Waals surface area contributed by atoms with Crippen LogP contribution in [-0.4, -0.2) is 6.61 Å². The highest BCUT2D eigenvalue weighted by atomic mass is 19.3. The maximum absolute atomic E-state index is 14.7. The van der Waals surface area contributed by atoms with Gasteiger partial charge in [0.25, 0.3) is 0 Å². The molecule has 0 heterocycles.